The molecule has 0 spiro atoms. The quantitative estimate of drug-likeness (QED) is 0.651. The van der Waals surface area contributed by atoms with Crippen LogP contribution in [0.15, 0.2) is 4.52 Å². The number of hydrogen-bond acceptors (Lipinski definition) is 6. The zero-order chi connectivity index (χ0) is 14.4. The number of hydrogen-bond donors (Lipinski definition) is 3. The number of thioether (sulfide) groups is 1. The van der Waals surface area contributed by atoms with Gasteiger partial charge in [-0.05, 0) is 13.8 Å². The van der Waals surface area contributed by atoms with Crippen molar-refractivity contribution in [2.24, 2.45) is 0 Å². The first kappa shape index (κ1) is 15.5. The summed E-state index contributed by atoms with van der Waals surface area (Å²) in [6.45, 7) is 3.34. The molecule has 1 unspecified atom stereocenters. The van der Waals surface area contributed by atoms with Crippen LogP contribution in [0.3, 0.4) is 0 Å². The van der Waals surface area contributed by atoms with Crippen LogP contribution < -0.4 is 5.32 Å². The molecule has 8 heteroatoms. The largest absolute Gasteiger partial charge is 0.479 e. The Hall–Kier alpha value is -1.54. The van der Waals surface area contributed by atoms with E-state index in [1.54, 1.807) is 6.92 Å². The van der Waals surface area contributed by atoms with Crippen molar-refractivity contribution in [1.29, 1.82) is 0 Å². The van der Waals surface area contributed by atoms with Gasteiger partial charge in [0.2, 0.25) is 5.91 Å². The standard InChI is InChI=1S/C11H16N2O5S/c1-6-8(7(2)18-13-6)4-19-5-10(15)12-3-9(14)11(16)17/h9,14H,3-5H2,1-2H3,(H,12,15)(H,16,17). The van der Waals surface area contributed by atoms with Crippen molar-refractivity contribution in [1.82, 2.24) is 10.5 Å². The molecule has 0 aromatic carbocycles. The van der Waals surface area contributed by atoms with Gasteiger partial charge >= 0.3 is 5.97 Å². The van der Waals surface area contributed by atoms with Gasteiger partial charge in [-0.2, -0.15) is 0 Å². The molecule has 1 aromatic rings. The Morgan fingerprint density at radius 3 is 2.68 bits per heavy atom. The lowest BCUT2D eigenvalue weighted by molar-refractivity contribution is -0.146. The van der Waals surface area contributed by atoms with Crippen LogP contribution in [-0.2, 0) is 15.3 Å². The summed E-state index contributed by atoms with van der Waals surface area (Å²) in [4.78, 5) is 21.7. The number of aromatic nitrogens is 1. The zero-order valence-corrected chi connectivity index (χ0v) is 11.5. The smallest absolute Gasteiger partial charge is 0.334 e. The minimum absolute atomic E-state index is 0.177. The van der Waals surface area contributed by atoms with Crippen molar-refractivity contribution in [3.8, 4) is 0 Å². The Morgan fingerprint density at radius 1 is 1.47 bits per heavy atom. The van der Waals surface area contributed by atoms with Crippen LogP contribution in [0.5, 0.6) is 0 Å². The highest BCUT2D eigenvalue weighted by atomic mass is 32.2. The molecule has 0 aliphatic carbocycles. The van der Waals surface area contributed by atoms with Gasteiger partial charge in [0.25, 0.3) is 0 Å². The fraction of sp³-hybridized carbons (Fsp3) is 0.545. The number of nitrogens with one attached hydrogen (secondary N) is 1. The molecule has 0 bridgehead atoms. The number of aryl methyl sites for hydroxylation is 2. The number of carboxylic acid groups (broad SMARTS) is 1. The number of amides is 1. The van der Waals surface area contributed by atoms with E-state index < -0.39 is 12.1 Å². The average Bonchev–Trinajstić information content (AvgIpc) is 2.67. The van der Waals surface area contributed by atoms with Crippen molar-refractivity contribution in [2.75, 3.05) is 12.3 Å². The Bertz CT molecular complexity index is 440. The number of rotatable bonds is 7. The normalized spacial score (nSPS) is 12.2. The predicted octanol–water partition coefficient (Wildman–Crippen LogP) is 0.0863. The highest BCUT2D eigenvalue weighted by Crippen LogP contribution is 2.19. The second kappa shape index (κ2) is 7.15. The topological polar surface area (TPSA) is 113 Å². The van der Waals surface area contributed by atoms with Gasteiger partial charge in [0.1, 0.15) is 5.76 Å². The van der Waals surface area contributed by atoms with Gasteiger partial charge < -0.3 is 20.1 Å². The molecule has 1 atom stereocenters. The molecule has 0 fully saturated rings. The third-order valence-electron chi connectivity index (χ3n) is 2.44. The minimum atomic E-state index is -1.57. The molecule has 1 aromatic heterocycles. The third kappa shape index (κ3) is 4.92. The van der Waals surface area contributed by atoms with Crippen molar-refractivity contribution < 1.29 is 24.3 Å². The van der Waals surface area contributed by atoms with Crippen molar-refractivity contribution in [3.05, 3.63) is 17.0 Å². The second-order valence-electron chi connectivity index (χ2n) is 3.95. The molecular formula is C11H16N2O5S. The molecule has 1 rings (SSSR count). The van der Waals surface area contributed by atoms with E-state index in [9.17, 15) is 9.59 Å². The maximum Gasteiger partial charge on any atom is 0.334 e. The molecule has 1 amide bonds. The van der Waals surface area contributed by atoms with Crippen LogP contribution in [0.1, 0.15) is 17.0 Å². The zero-order valence-electron chi connectivity index (χ0n) is 10.7. The van der Waals surface area contributed by atoms with E-state index in [0.717, 1.165) is 17.0 Å². The number of aliphatic carboxylic acids is 1. The number of carbonyl (C=O) groups is 2. The van der Waals surface area contributed by atoms with Crippen LogP contribution in [0.4, 0.5) is 0 Å². The summed E-state index contributed by atoms with van der Waals surface area (Å²) >= 11 is 1.37. The monoisotopic (exact) mass is 288 g/mol. The molecule has 7 nitrogen and oxygen atoms in total. The van der Waals surface area contributed by atoms with Gasteiger partial charge in [-0.15, -0.1) is 11.8 Å². The van der Waals surface area contributed by atoms with E-state index in [1.165, 1.54) is 11.8 Å². The number of nitrogens with zero attached hydrogens (tertiary/aromatic N) is 1. The lowest BCUT2D eigenvalue weighted by atomic mass is 10.2. The summed E-state index contributed by atoms with van der Waals surface area (Å²) in [5.74, 6) is -0.181. The first-order valence-electron chi connectivity index (χ1n) is 5.59. The van der Waals surface area contributed by atoms with Gasteiger partial charge in [-0.1, -0.05) is 5.16 Å². The maximum absolute atomic E-state index is 11.4. The summed E-state index contributed by atoms with van der Waals surface area (Å²) in [6.07, 6.45) is -1.57. The Labute approximate surface area is 114 Å². The Morgan fingerprint density at radius 2 is 2.16 bits per heavy atom. The SMILES string of the molecule is Cc1noc(C)c1CSCC(=O)NCC(O)C(=O)O. The fourth-order valence-electron chi connectivity index (χ4n) is 1.30. The molecule has 1 heterocycles. The van der Waals surface area contributed by atoms with Crippen LogP contribution in [0, 0.1) is 13.8 Å². The third-order valence-corrected chi connectivity index (χ3v) is 3.40. The van der Waals surface area contributed by atoms with E-state index in [-0.39, 0.29) is 18.2 Å². The summed E-state index contributed by atoms with van der Waals surface area (Å²) in [6, 6.07) is 0. The number of aliphatic hydroxyl groups is 1. The van der Waals surface area contributed by atoms with Crippen molar-refractivity contribution >= 4 is 23.6 Å². The molecule has 0 aliphatic heterocycles. The lowest BCUT2D eigenvalue weighted by Crippen LogP contribution is -2.37. The van der Waals surface area contributed by atoms with E-state index in [2.05, 4.69) is 10.5 Å². The number of aliphatic hydroxyl groups excluding tert-OH is 1. The highest BCUT2D eigenvalue weighted by molar-refractivity contribution is 7.99. The lowest BCUT2D eigenvalue weighted by Gasteiger charge is -2.07. The van der Waals surface area contributed by atoms with E-state index in [4.69, 9.17) is 14.7 Å². The summed E-state index contributed by atoms with van der Waals surface area (Å²) in [5.41, 5.74) is 1.76. The summed E-state index contributed by atoms with van der Waals surface area (Å²) in [5, 5.41) is 23.6. The minimum Gasteiger partial charge on any atom is -0.479 e. The number of carboxylic acids is 1. The van der Waals surface area contributed by atoms with E-state index >= 15 is 0 Å². The first-order valence-corrected chi connectivity index (χ1v) is 6.74. The van der Waals surface area contributed by atoms with Crippen LogP contribution in [0.25, 0.3) is 0 Å². The van der Waals surface area contributed by atoms with Gasteiger partial charge in [0.15, 0.2) is 6.10 Å². The van der Waals surface area contributed by atoms with Crippen molar-refractivity contribution in [3.63, 3.8) is 0 Å². The summed E-state index contributed by atoms with van der Waals surface area (Å²) in [7, 11) is 0. The molecule has 0 radical (unpaired) electrons. The number of carbonyl (C=O) groups excluding carboxylic acids is 1. The average molecular weight is 288 g/mol. The summed E-state index contributed by atoms with van der Waals surface area (Å²) < 4.78 is 5.00. The van der Waals surface area contributed by atoms with Crippen LogP contribution >= 0.6 is 11.8 Å². The maximum atomic E-state index is 11.4. The Kier molecular flexibility index (Phi) is 5.84. The van der Waals surface area contributed by atoms with Gasteiger partial charge in [0, 0.05) is 11.3 Å². The molecule has 0 saturated heterocycles. The molecule has 106 valence electrons. The van der Waals surface area contributed by atoms with Crippen molar-refractivity contribution in [2.45, 2.75) is 25.7 Å². The fourth-order valence-corrected chi connectivity index (χ4v) is 2.31. The van der Waals surface area contributed by atoms with Gasteiger partial charge in [-0.3, -0.25) is 4.79 Å². The molecule has 0 saturated carbocycles. The predicted molar refractivity (Wildman–Crippen MR) is 68.8 cm³/mol. The van der Waals surface area contributed by atoms with Crippen LogP contribution in [-0.4, -0.2) is 45.6 Å². The molecule has 0 aliphatic rings. The molecule has 3 N–H and O–H groups in total. The van der Waals surface area contributed by atoms with Crippen LogP contribution in [0.2, 0.25) is 0 Å². The first-order chi connectivity index (χ1) is 8.91. The van der Waals surface area contributed by atoms with E-state index in [1.807, 2.05) is 6.92 Å². The van der Waals surface area contributed by atoms with Gasteiger partial charge in [0.05, 0.1) is 18.0 Å². The van der Waals surface area contributed by atoms with Gasteiger partial charge in [-0.25, -0.2) is 4.79 Å². The highest BCUT2D eigenvalue weighted by Gasteiger charge is 2.14. The molecule has 19 heavy (non-hydrogen) atoms. The van der Waals surface area contributed by atoms with E-state index in [0.29, 0.717) is 5.75 Å². The Balaban J connectivity index is 2.26. The second-order valence-corrected chi connectivity index (χ2v) is 4.94. The molecular weight excluding hydrogens is 272 g/mol.